The van der Waals surface area contributed by atoms with E-state index in [4.69, 9.17) is 0 Å². The molecule has 2 aromatic carbocycles. The second kappa shape index (κ2) is 6.30. The molecule has 1 amide bonds. The van der Waals surface area contributed by atoms with E-state index in [-0.39, 0.29) is 5.56 Å². The number of Topliss-reactive ketones (excluding diaryl/α,β-unsaturated/α-hetero) is 1. The van der Waals surface area contributed by atoms with Gasteiger partial charge >= 0.3 is 5.91 Å². The third kappa shape index (κ3) is 3.00. The van der Waals surface area contributed by atoms with E-state index in [0.29, 0.717) is 18.9 Å². The van der Waals surface area contributed by atoms with Crippen molar-refractivity contribution in [3.8, 4) is 0 Å². The summed E-state index contributed by atoms with van der Waals surface area (Å²) in [6, 6.07) is 13.8. The van der Waals surface area contributed by atoms with Crippen LogP contribution in [-0.4, -0.2) is 29.8 Å². The molecular formula is C18H17FN2O2. The fourth-order valence-electron chi connectivity index (χ4n) is 2.72. The van der Waals surface area contributed by atoms with E-state index in [2.05, 4.69) is 4.90 Å². The minimum Gasteiger partial charge on any atom is -0.291 e. The van der Waals surface area contributed by atoms with Gasteiger partial charge in [0, 0.05) is 6.54 Å². The lowest BCUT2D eigenvalue weighted by atomic mass is 10.1. The van der Waals surface area contributed by atoms with Gasteiger partial charge in [0.2, 0.25) is 0 Å². The Bertz CT molecular complexity index is 746. The highest BCUT2D eigenvalue weighted by Crippen LogP contribution is 2.29. The van der Waals surface area contributed by atoms with Gasteiger partial charge in [-0.15, -0.1) is 0 Å². The van der Waals surface area contributed by atoms with Gasteiger partial charge in [0.05, 0.1) is 17.9 Å². The van der Waals surface area contributed by atoms with Crippen LogP contribution in [0, 0.1) is 5.82 Å². The number of benzene rings is 2. The molecule has 0 radical (unpaired) electrons. The van der Waals surface area contributed by atoms with E-state index in [1.807, 2.05) is 37.3 Å². The molecule has 0 bridgehead atoms. The van der Waals surface area contributed by atoms with Gasteiger partial charge in [0.1, 0.15) is 5.82 Å². The number of rotatable bonds is 5. The Morgan fingerprint density at radius 1 is 1.09 bits per heavy atom. The largest absolute Gasteiger partial charge is 0.300 e. The van der Waals surface area contributed by atoms with E-state index < -0.39 is 17.5 Å². The first-order valence-electron chi connectivity index (χ1n) is 7.52. The van der Waals surface area contributed by atoms with Crippen LogP contribution in [0.1, 0.15) is 22.8 Å². The van der Waals surface area contributed by atoms with E-state index in [1.54, 1.807) is 0 Å². The van der Waals surface area contributed by atoms with E-state index >= 15 is 0 Å². The molecule has 5 heteroatoms. The van der Waals surface area contributed by atoms with Crippen LogP contribution in [-0.2, 0) is 11.3 Å². The predicted molar refractivity (Wildman–Crippen MR) is 85.6 cm³/mol. The van der Waals surface area contributed by atoms with Crippen LogP contribution >= 0.6 is 0 Å². The summed E-state index contributed by atoms with van der Waals surface area (Å²) in [7, 11) is 0. The van der Waals surface area contributed by atoms with Crippen LogP contribution < -0.4 is 4.90 Å². The Hall–Kier alpha value is -2.53. The number of hydrogen-bond donors (Lipinski definition) is 0. The molecule has 4 nitrogen and oxygen atoms in total. The van der Waals surface area contributed by atoms with Crippen molar-refractivity contribution in [3.05, 3.63) is 65.5 Å². The summed E-state index contributed by atoms with van der Waals surface area (Å²) >= 11 is 0. The standard InChI is InChI=1S/C18H17FN2O2/c1-2-20(11-13-6-4-3-5-7-13)12-21-16-9-8-14(19)10-15(16)17(22)18(21)23/h3-10H,2,11-12H2,1H3. The van der Waals surface area contributed by atoms with Crippen molar-refractivity contribution < 1.29 is 14.0 Å². The monoisotopic (exact) mass is 312 g/mol. The average molecular weight is 312 g/mol. The minimum atomic E-state index is -0.643. The number of anilines is 1. The quantitative estimate of drug-likeness (QED) is 0.797. The molecule has 0 N–H and O–H groups in total. The molecule has 0 spiro atoms. The molecule has 1 heterocycles. The first kappa shape index (κ1) is 15.4. The number of fused-ring (bicyclic) bond motifs is 1. The summed E-state index contributed by atoms with van der Waals surface area (Å²) in [4.78, 5) is 27.7. The number of hydrogen-bond acceptors (Lipinski definition) is 3. The Labute approximate surface area is 134 Å². The summed E-state index contributed by atoms with van der Waals surface area (Å²) in [5.41, 5.74) is 1.75. The summed E-state index contributed by atoms with van der Waals surface area (Å²) in [5, 5.41) is 0. The van der Waals surface area contributed by atoms with Crippen molar-refractivity contribution in [2.75, 3.05) is 18.1 Å². The normalized spacial score (nSPS) is 13.8. The van der Waals surface area contributed by atoms with Gasteiger partial charge in [-0.2, -0.15) is 0 Å². The van der Waals surface area contributed by atoms with Crippen LogP contribution in [0.15, 0.2) is 48.5 Å². The number of ketones is 1. The number of carbonyl (C=O) groups excluding carboxylic acids is 2. The van der Waals surface area contributed by atoms with Crippen LogP contribution in [0.5, 0.6) is 0 Å². The maximum atomic E-state index is 13.3. The van der Waals surface area contributed by atoms with Gasteiger partial charge in [-0.25, -0.2) is 4.39 Å². The van der Waals surface area contributed by atoms with Crippen molar-refractivity contribution in [1.29, 1.82) is 0 Å². The molecule has 1 aliphatic heterocycles. The molecule has 0 unspecified atom stereocenters. The van der Waals surface area contributed by atoms with Gasteiger partial charge in [-0.05, 0) is 30.3 Å². The Morgan fingerprint density at radius 2 is 1.83 bits per heavy atom. The molecule has 0 aliphatic carbocycles. The van der Waals surface area contributed by atoms with Gasteiger partial charge in [0.25, 0.3) is 5.78 Å². The van der Waals surface area contributed by atoms with Crippen LogP contribution in [0.3, 0.4) is 0 Å². The van der Waals surface area contributed by atoms with Crippen LogP contribution in [0.2, 0.25) is 0 Å². The molecule has 0 saturated carbocycles. The van der Waals surface area contributed by atoms with Crippen molar-refractivity contribution in [1.82, 2.24) is 4.90 Å². The smallest absolute Gasteiger partial charge is 0.291 e. The summed E-state index contributed by atoms with van der Waals surface area (Å²) in [6.07, 6.45) is 0. The maximum absolute atomic E-state index is 13.3. The average Bonchev–Trinajstić information content (AvgIpc) is 2.79. The lowest BCUT2D eigenvalue weighted by Crippen LogP contribution is -2.40. The molecule has 118 valence electrons. The molecular weight excluding hydrogens is 295 g/mol. The minimum absolute atomic E-state index is 0.144. The first-order chi connectivity index (χ1) is 11.1. The zero-order valence-corrected chi connectivity index (χ0v) is 12.8. The molecule has 3 rings (SSSR count). The predicted octanol–water partition coefficient (Wildman–Crippen LogP) is 2.83. The molecule has 0 saturated heterocycles. The van der Waals surface area contributed by atoms with Crippen LogP contribution in [0.4, 0.5) is 10.1 Å². The van der Waals surface area contributed by atoms with E-state index in [9.17, 15) is 14.0 Å². The highest BCUT2D eigenvalue weighted by atomic mass is 19.1. The second-order valence-electron chi connectivity index (χ2n) is 5.50. The topological polar surface area (TPSA) is 40.6 Å². The number of halogens is 1. The second-order valence-corrected chi connectivity index (χ2v) is 5.50. The Balaban J connectivity index is 1.81. The summed E-state index contributed by atoms with van der Waals surface area (Å²) in [5.74, 6) is -1.75. The number of carbonyl (C=O) groups is 2. The molecule has 23 heavy (non-hydrogen) atoms. The Kier molecular flexibility index (Phi) is 4.21. The van der Waals surface area contributed by atoms with Gasteiger partial charge in [-0.3, -0.25) is 19.4 Å². The first-order valence-corrected chi connectivity index (χ1v) is 7.52. The third-order valence-electron chi connectivity index (χ3n) is 3.97. The van der Waals surface area contributed by atoms with Gasteiger partial charge in [-0.1, -0.05) is 37.3 Å². The zero-order valence-electron chi connectivity index (χ0n) is 12.8. The maximum Gasteiger partial charge on any atom is 0.300 e. The highest BCUT2D eigenvalue weighted by Gasteiger charge is 2.36. The third-order valence-corrected chi connectivity index (χ3v) is 3.97. The zero-order chi connectivity index (χ0) is 16.4. The summed E-state index contributed by atoms with van der Waals surface area (Å²) < 4.78 is 13.3. The van der Waals surface area contributed by atoms with Gasteiger partial charge in [0.15, 0.2) is 0 Å². The lowest BCUT2D eigenvalue weighted by Gasteiger charge is -2.26. The van der Waals surface area contributed by atoms with E-state index in [1.165, 1.54) is 17.0 Å². The number of nitrogens with zero attached hydrogens (tertiary/aromatic N) is 2. The van der Waals surface area contributed by atoms with E-state index in [0.717, 1.165) is 18.2 Å². The lowest BCUT2D eigenvalue weighted by molar-refractivity contribution is -0.114. The molecule has 0 fully saturated rings. The molecule has 0 aromatic heterocycles. The molecule has 1 aliphatic rings. The summed E-state index contributed by atoms with van der Waals surface area (Å²) in [6.45, 7) is 3.70. The van der Waals surface area contributed by atoms with Crippen molar-refractivity contribution in [3.63, 3.8) is 0 Å². The molecule has 0 atom stereocenters. The fourth-order valence-corrected chi connectivity index (χ4v) is 2.72. The highest BCUT2D eigenvalue weighted by molar-refractivity contribution is 6.52. The Morgan fingerprint density at radius 3 is 2.52 bits per heavy atom. The van der Waals surface area contributed by atoms with Crippen LogP contribution in [0.25, 0.3) is 0 Å². The van der Waals surface area contributed by atoms with Crippen molar-refractivity contribution in [2.45, 2.75) is 13.5 Å². The fraction of sp³-hybridized carbons (Fsp3) is 0.222. The van der Waals surface area contributed by atoms with Crippen molar-refractivity contribution >= 4 is 17.4 Å². The SMILES string of the molecule is CCN(Cc1ccccc1)CN1C(=O)C(=O)c2cc(F)ccc21. The number of amides is 1. The van der Waals surface area contributed by atoms with Gasteiger partial charge < -0.3 is 0 Å². The molecule has 2 aromatic rings. The van der Waals surface area contributed by atoms with Crippen molar-refractivity contribution in [2.24, 2.45) is 0 Å².